The van der Waals surface area contributed by atoms with Crippen molar-refractivity contribution >= 4 is 11.5 Å². The Bertz CT molecular complexity index is 280. The van der Waals surface area contributed by atoms with Crippen molar-refractivity contribution in [3.05, 3.63) is 10.9 Å². The lowest BCUT2D eigenvalue weighted by Crippen LogP contribution is -2.38. The smallest absolute Gasteiger partial charge is 0.225 e. The predicted octanol–water partition coefficient (Wildman–Crippen LogP) is 0.922. The molecule has 3 N–H and O–H groups in total. The van der Waals surface area contributed by atoms with E-state index in [0.29, 0.717) is 5.88 Å². The van der Waals surface area contributed by atoms with Crippen molar-refractivity contribution in [1.82, 2.24) is 4.37 Å². The zero-order valence-electron chi connectivity index (χ0n) is 7.94. The van der Waals surface area contributed by atoms with Gasteiger partial charge in [0.2, 0.25) is 5.88 Å². The van der Waals surface area contributed by atoms with Crippen molar-refractivity contribution in [3.63, 3.8) is 0 Å². The fourth-order valence-electron chi connectivity index (χ4n) is 0.864. The summed E-state index contributed by atoms with van der Waals surface area (Å²) in [7, 11) is 1.54. The van der Waals surface area contributed by atoms with Crippen molar-refractivity contribution in [2.45, 2.75) is 25.5 Å². The van der Waals surface area contributed by atoms with E-state index in [4.69, 9.17) is 10.5 Å². The third kappa shape index (κ3) is 2.40. The standard InChI is InChI=1S/C8H14N2O2S/c1-8(2,9)7(11)5-4-6(12-3)10-13-5/h4,7,11H,9H2,1-3H3. The SMILES string of the molecule is COc1cc(C(O)C(C)(C)N)sn1. The van der Waals surface area contributed by atoms with E-state index >= 15 is 0 Å². The van der Waals surface area contributed by atoms with Gasteiger partial charge in [0.1, 0.15) is 6.10 Å². The number of aliphatic hydroxyl groups is 1. The predicted molar refractivity (Wildman–Crippen MR) is 51.9 cm³/mol. The molecule has 1 rings (SSSR count). The molecule has 0 aliphatic carbocycles. The first kappa shape index (κ1) is 10.4. The second-order valence-electron chi connectivity index (χ2n) is 3.50. The topological polar surface area (TPSA) is 68.4 Å². The molecule has 0 aliphatic heterocycles. The minimum Gasteiger partial charge on any atom is -0.480 e. The van der Waals surface area contributed by atoms with Gasteiger partial charge in [-0.2, -0.15) is 4.37 Å². The second kappa shape index (κ2) is 3.61. The molecule has 5 heteroatoms. The number of nitrogens with zero attached hydrogens (tertiary/aromatic N) is 1. The summed E-state index contributed by atoms with van der Waals surface area (Å²) in [4.78, 5) is 0.726. The highest BCUT2D eigenvalue weighted by Crippen LogP contribution is 2.29. The summed E-state index contributed by atoms with van der Waals surface area (Å²) in [6.07, 6.45) is -0.700. The molecule has 1 heterocycles. The number of aliphatic hydroxyl groups excluding tert-OH is 1. The summed E-state index contributed by atoms with van der Waals surface area (Å²) in [5, 5.41) is 9.76. The monoisotopic (exact) mass is 202 g/mol. The summed E-state index contributed by atoms with van der Waals surface area (Å²) in [6, 6.07) is 1.70. The molecule has 4 nitrogen and oxygen atoms in total. The lowest BCUT2D eigenvalue weighted by Gasteiger charge is -2.24. The average Bonchev–Trinajstić information content (AvgIpc) is 2.48. The number of rotatable bonds is 3. The molecule has 1 atom stereocenters. The van der Waals surface area contributed by atoms with Gasteiger partial charge in [-0.3, -0.25) is 0 Å². The Morgan fingerprint density at radius 3 is 2.69 bits per heavy atom. The normalized spacial score (nSPS) is 14.2. The summed E-state index contributed by atoms with van der Waals surface area (Å²) in [6.45, 7) is 3.54. The van der Waals surface area contributed by atoms with E-state index in [-0.39, 0.29) is 0 Å². The van der Waals surface area contributed by atoms with Crippen LogP contribution in [0.25, 0.3) is 0 Å². The van der Waals surface area contributed by atoms with Gasteiger partial charge in [-0.1, -0.05) is 0 Å². The van der Waals surface area contributed by atoms with E-state index in [2.05, 4.69) is 4.37 Å². The van der Waals surface area contributed by atoms with Crippen LogP contribution in [-0.2, 0) is 0 Å². The molecule has 13 heavy (non-hydrogen) atoms. The lowest BCUT2D eigenvalue weighted by molar-refractivity contribution is 0.108. The molecule has 0 aromatic carbocycles. The molecular weight excluding hydrogens is 188 g/mol. The number of ether oxygens (including phenoxy) is 1. The summed E-state index contributed by atoms with van der Waals surface area (Å²) in [5.41, 5.74) is 5.09. The van der Waals surface area contributed by atoms with Crippen LogP contribution in [0.15, 0.2) is 6.07 Å². The van der Waals surface area contributed by atoms with Crippen molar-refractivity contribution < 1.29 is 9.84 Å². The van der Waals surface area contributed by atoms with Crippen molar-refractivity contribution in [1.29, 1.82) is 0 Å². The Hall–Kier alpha value is -0.650. The molecule has 0 saturated heterocycles. The van der Waals surface area contributed by atoms with E-state index in [1.807, 2.05) is 0 Å². The summed E-state index contributed by atoms with van der Waals surface area (Å²) < 4.78 is 8.88. The van der Waals surface area contributed by atoms with E-state index in [0.717, 1.165) is 4.88 Å². The zero-order valence-corrected chi connectivity index (χ0v) is 8.76. The Morgan fingerprint density at radius 1 is 1.69 bits per heavy atom. The van der Waals surface area contributed by atoms with Crippen LogP contribution in [-0.4, -0.2) is 22.1 Å². The van der Waals surface area contributed by atoms with Crippen LogP contribution in [0.1, 0.15) is 24.8 Å². The molecule has 1 aromatic rings. The fraction of sp³-hybridized carbons (Fsp3) is 0.625. The van der Waals surface area contributed by atoms with Crippen molar-refractivity contribution in [2.75, 3.05) is 7.11 Å². The molecule has 74 valence electrons. The Balaban J connectivity index is 2.83. The maximum atomic E-state index is 9.76. The van der Waals surface area contributed by atoms with Crippen molar-refractivity contribution in [3.8, 4) is 5.88 Å². The second-order valence-corrected chi connectivity index (χ2v) is 4.33. The van der Waals surface area contributed by atoms with Gasteiger partial charge in [0, 0.05) is 11.6 Å². The first-order chi connectivity index (χ1) is 5.95. The van der Waals surface area contributed by atoms with Gasteiger partial charge in [-0.15, -0.1) is 0 Å². The maximum Gasteiger partial charge on any atom is 0.225 e. The van der Waals surface area contributed by atoms with E-state index in [1.165, 1.54) is 11.5 Å². The molecule has 0 fully saturated rings. The van der Waals surface area contributed by atoms with Gasteiger partial charge in [-0.05, 0) is 25.4 Å². The third-order valence-electron chi connectivity index (χ3n) is 1.69. The molecule has 0 saturated carbocycles. The van der Waals surface area contributed by atoms with Crippen molar-refractivity contribution in [2.24, 2.45) is 5.73 Å². The van der Waals surface area contributed by atoms with Gasteiger partial charge in [0.25, 0.3) is 0 Å². The van der Waals surface area contributed by atoms with Gasteiger partial charge < -0.3 is 15.6 Å². The highest BCUT2D eigenvalue weighted by Gasteiger charge is 2.26. The quantitative estimate of drug-likeness (QED) is 0.765. The molecule has 0 aliphatic rings. The first-order valence-electron chi connectivity index (χ1n) is 3.92. The number of nitrogens with two attached hydrogens (primary N) is 1. The number of methoxy groups -OCH3 is 1. The average molecular weight is 202 g/mol. The summed E-state index contributed by atoms with van der Waals surface area (Å²) >= 11 is 1.20. The van der Waals surface area contributed by atoms with E-state index in [1.54, 1.807) is 27.0 Å². The van der Waals surface area contributed by atoms with Crippen LogP contribution in [0.3, 0.4) is 0 Å². The maximum absolute atomic E-state index is 9.76. The number of hydrogen-bond acceptors (Lipinski definition) is 5. The van der Waals surface area contributed by atoms with Gasteiger partial charge >= 0.3 is 0 Å². The van der Waals surface area contributed by atoms with Gasteiger partial charge in [-0.25, -0.2) is 0 Å². The molecule has 1 aromatic heterocycles. The minimum atomic E-state index is -0.700. The third-order valence-corrected chi connectivity index (χ3v) is 2.51. The molecule has 0 radical (unpaired) electrons. The molecule has 0 spiro atoms. The zero-order chi connectivity index (χ0) is 10.1. The van der Waals surface area contributed by atoms with Crippen LogP contribution in [0, 0.1) is 0 Å². The van der Waals surface area contributed by atoms with Crippen LogP contribution in [0.5, 0.6) is 5.88 Å². The van der Waals surface area contributed by atoms with E-state index < -0.39 is 11.6 Å². The van der Waals surface area contributed by atoms with Crippen LogP contribution >= 0.6 is 11.5 Å². The molecule has 0 amide bonds. The number of hydrogen-bond donors (Lipinski definition) is 2. The highest BCUT2D eigenvalue weighted by atomic mass is 32.1. The van der Waals surface area contributed by atoms with Crippen LogP contribution in [0.4, 0.5) is 0 Å². The van der Waals surface area contributed by atoms with Crippen LogP contribution in [0.2, 0.25) is 0 Å². The van der Waals surface area contributed by atoms with Crippen LogP contribution < -0.4 is 10.5 Å². The Kier molecular flexibility index (Phi) is 2.90. The minimum absolute atomic E-state index is 0.517. The largest absolute Gasteiger partial charge is 0.480 e. The summed E-state index contributed by atoms with van der Waals surface area (Å²) in [5.74, 6) is 0.517. The first-order valence-corrected chi connectivity index (χ1v) is 4.70. The Morgan fingerprint density at radius 2 is 2.31 bits per heavy atom. The molecular formula is C8H14N2O2S. The van der Waals surface area contributed by atoms with E-state index in [9.17, 15) is 5.11 Å². The molecule has 0 bridgehead atoms. The fourth-order valence-corrected chi connectivity index (χ4v) is 1.74. The Labute approximate surface area is 81.5 Å². The van der Waals surface area contributed by atoms with Gasteiger partial charge in [0.05, 0.1) is 12.0 Å². The highest BCUT2D eigenvalue weighted by molar-refractivity contribution is 7.06. The van der Waals surface area contributed by atoms with Gasteiger partial charge in [0.15, 0.2) is 0 Å². The molecule has 1 unspecified atom stereocenters. The lowest BCUT2D eigenvalue weighted by atomic mass is 9.98. The number of aromatic nitrogens is 1.